The molecule has 2 aromatic carbocycles. The monoisotopic (exact) mass is 370 g/mol. The van der Waals surface area contributed by atoms with Crippen LogP contribution in [0.3, 0.4) is 0 Å². The van der Waals surface area contributed by atoms with Crippen LogP contribution in [0.5, 0.6) is 0 Å². The number of H-pyrrole nitrogens is 1. The molecular weight excluding hydrogens is 352 g/mol. The maximum Gasteiger partial charge on any atom is 0.307 e. The highest BCUT2D eigenvalue weighted by Gasteiger charge is 2.21. The van der Waals surface area contributed by atoms with Crippen molar-refractivity contribution in [3.63, 3.8) is 0 Å². The van der Waals surface area contributed by atoms with E-state index in [0.717, 1.165) is 16.5 Å². The molecule has 0 saturated carbocycles. The van der Waals surface area contributed by atoms with Crippen LogP contribution >= 0.6 is 11.6 Å². The van der Waals surface area contributed by atoms with E-state index in [1.807, 2.05) is 36.5 Å². The first-order valence-electron chi connectivity index (χ1n) is 8.24. The van der Waals surface area contributed by atoms with Gasteiger partial charge in [-0.2, -0.15) is 0 Å². The number of rotatable bonds is 6. The minimum absolute atomic E-state index is 0.0137. The van der Waals surface area contributed by atoms with E-state index in [9.17, 15) is 9.59 Å². The number of para-hydroxylation sites is 1. The minimum Gasteiger partial charge on any atom is -0.469 e. The van der Waals surface area contributed by atoms with E-state index in [0.29, 0.717) is 10.6 Å². The third-order valence-electron chi connectivity index (χ3n) is 4.24. The number of halogens is 1. The van der Waals surface area contributed by atoms with Gasteiger partial charge in [0.15, 0.2) is 0 Å². The van der Waals surface area contributed by atoms with Gasteiger partial charge in [0.05, 0.1) is 26.0 Å². The lowest BCUT2D eigenvalue weighted by Gasteiger charge is -2.19. The zero-order chi connectivity index (χ0) is 18.5. The van der Waals surface area contributed by atoms with E-state index in [2.05, 4.69) is 10.3 Å². The fraction of sp³-hybridized carbons (Fsp3) is 0.200. The molecule has 0 fully saturated rings. The van der Waals surface area contributed by atoms with Crippen LogP contribution in [0.4, 0.5) is 0 Å². The zero-order valence-electron chi connectivity index (χ0n) is 14.3. The highest BCUT2D eigenvalue weighted by atomic mass is 35.5. The van der Waals surface area contributed by atoms with Crippen molar-refractivity contribution in [2.45, 2.75) is 18.9 Å². The lowest BCUT2D eigenvalue weighted by molar-refractivity contribution is -0.141. The molecule has 1 atom stereocenters. The molecule has 5 nitrogen and oxygen atoms in total. The summed E-state index contributed by atoms with van der Waals surface area (Å²) in [5.41, 5.74) is 2.56. The van der Waals surface area contributed by atoms with E-state index < -0.39 is 12.0 Å². The highest BCUT2D eigenvalue weighted by Crippen LogP contribution is 2.26. The molecule has 1 unspecified atom stereocenters. The second-order valence-corrected chi connectivity index (χ2v) is 6.37. The molecule has 2 N–H and O–H groups in total. The largest absolute Gasteiger partial charge is 0.469 e. The third kappa shape index (κ3) is 4.06. The predicted molar refractivity (Wildman–Crippen MR) is 101 cm³/mol. The van der Waals surface area contributed by atoms with Crippen LogP contribution in [-0.4, -0.2) is 24.0 Å². The Hall–Kier alpha value is -2.79. The van der Waals surface area contributed by atoms with Gasteiger partial charge in [0.1, 0.15) is 0 Å². The minimum atomic E-state index is -0.547. The van der Waals surface area contributed by atoms with Gasteiger partial charge in [-0.05, 0) is 23.3 Å². The second-order valence-electron chi connectivity index (χ2n) is 5.96. The Balaban J connectivity index is 1.78. The van der Waals surface area contributed by atoms with E-state index in [1.165, 1.54) is 7.11 Å². The van der Waals surface area contributed by atoms with E-state index in [4.69, 9.17) is 16.3 Å². The van der Waals surface area contributed by atoms with Crippen molar-refractivity contribution < 1.29 is 14.3 Å². The van der Waals surface area contributed by atoms with Crippen LogP contribution < -0.4 is 5.32 Å². The van der Waals surface area contributed by atoms with Gasteiger partial charge < -0.3 is 15.0 Å². The van der Waals surface area contributed by atoms with Crippen LogP contribution in [-0.2, 0) is 20.7 Å². The van der Waals surface area contributed by atoms with Gasteiger partial charge in [0, 0.05) is 22.1 Å². The lowest BCUT2D eigenvalue weighted by Crippen LogP contribution is -2.31. The molecule has 134 valence electrons. The maximum atomic E-state index is 12.6. The Labute approximate surface area is 156 Å². The average molecular weight is 371 g/mol. The molecule has 6 heteroatoms. The fourth-order valence-corrected chi connectivity index (χ4v) is 3.21. The molecule has 3 rings (SSSR count). The summed E-state index contributed by atoms with van der Waals surface area (Å²) >= 11 is 6.24. The normalized spacial score (nSPS) is 11.9. The number of hydrogen-bond donors (Lipinski definition) is 2. The molecular formula is C20H19ClN2O3. The number of benzene rings is 2. The first-order chi connectivity index (χ1) is 12.6. The first kappa shape index (κ1) is 18.0. The molecule has 0 bridgehead atoms. The molecule has 1 amide bonds. The van der Waals surface area contributed by atoms with Gasteiger partial charge in [-0.15, -0.1) is 0 Å². The number of aromatic nitrogens is 1. The number of aromatic amines is 1. The van der Waals surface area contributed by atoms with Crippen molar-refractivity contribution in [2.75, 3.05) is 7.11 Å². The number of carbonyl (C=O) groups is 2. The predicted octanol–water partition coefficient (Wildman–Crippen LogP) is 3.78. The standard InChI is InChI=1S/C20H19ClN2O3/c1-26-20(25)11-18(15-7-2-4-8-16(15)21)23-19(24)10-13-12-22-17-9-5-3-6-14(13)17/h2-9,12,18,22H,10-11H2,1H3,(H,23,24). The molecule has 0 aliphatic rings. The number of nitrogens with one attached hydrogen (secondary N) is 2. The first-order valence-corrected chi connectivity index (χ1v) is 8.62. The summed E-state index contributed by atoms with van der Waals surface area (Å²) in [5, 5.41) is 4.40. The molecule has 0 aliphatic carbocycles. The van der Waals surface area contributed by atoms with Gasteiger partial charge in [0.25, 0.3) is 0 Å². The molecule has 0 aliphatic heterocycles. The van der Waals surface area contributed by atoms with Crippen LogP contribution in [0.15, 0.2) is 54.7 Å². The van der Waals surface area contributed by atoms with Crippen LogP contribution in [0, 0.1) is 0 Å². The summed E-state index contributed by atoms with van der Waals surface area (Å²) in [6.07, 6.45) is 2.04. The van der Waals surface area contributed by atoms with E-state index in [1.54, 1.807) is 18.2 Å². The van der Waals surface area contributed by atoms with Gasteiger partial charge in [0.2, 0.25) is 5.91 Å². The molecule has 0 spiro atoms. The lowest BCUT2D eigenvalue weighted by atomic mass is 10.0. The van der Waals surface area contributed by atoms with E-state index in [-0.39, 0.29) is 18.7 Å². The quantitative estimate of drug-likeness (QED) is 0.648. The zero-order valence-corrected chi connectivity index (χ0v) is 15.0. The fourth-order valence-electron chi connectivity index (χ4n) is 2.94. The van der Waals surface area contributed by atoms with Gasteiger partial charge >= 0.3 is 5.97 Å². The van der Waals surface area contributed by atoms with Gasteiger partial charge in [-0.1, -0.05) is 48.0 Å². The number of amides is 1. The molecule has 3 aromatic rings. The molecule has 0 saturated heterocycles. The van der Waals surface area contributed by atoms with Crippen molar-refractivity contribution in [3.05, 3.63) is 70.9 Å². The smallest absolute Gasteiger partial charge is 0.307 e. The Kier molecular flexibility index (Phi) is 5.58. The number of esters is 1. The Morgan fingerprint density at radius 3 is 2.65 bits per heavy atom. The molecule has 1 heterocycles. The number of hydrogen-bond acceptors (Lipinski definition) is 3. The molecule has 1 aromatic heterocycles. The molecule has 0 radical (unpaired) electrons. The van der Waals surface area contributed by atoms with Crippen LogP contribution in [0.25, 0.3) is 10.9 Å². The second kappa shape index (κ2) is 8.06. The summed E-state index contributed by atoms with van der Waals surface area (Å²) in [4.78, 5) is 27.5. The topological polar surface area (TPSA) is 71.2 Å². The van der Waals surface area contributed by atoms with E-state index >= 15 is 0 Å². The number of methoxy groups -OCH3 is 1. The number of ether oxygens (including phenoxy) is 1. The summed E-state index contributed by atoms with van der Waals surface area (Å²) in [7, 11) is 1.32. The summed E-state index contributed by atoms with van der Waals surface area (Å²) < 4.78 is 4.75. The highest BCUT2D eigenvalue weighted by molar-refractivity contribution is 6.31. The van der Waals surface area contributed by atoms with Crippen molar-refractivity contribution in [1.29, 1.82) is 0 Å². The summed E-state index contributed by atoms with van der Waals surface area (Å²) in [6, 6.07) is 14.4. The summed E-state index contributed by atoms with van der Waals surface area (Å²) in [5.74, 6) is -0.606. The summed E-state index contributed by atoms with van der Waals surface area (Å²) in [6.45, 7) is 0. The number of carbonyl (C=O) groups excluding carboxylic acids is 2. The SMILES string of the molecule is COC(=O)CC(NC(=O)Cc1c[nH]c2ccccc12)c1ccccc1Cl. The van der Waals surface area contributed by atoms with Gasteiger partial charge in [-0.25, -0.2) is 0 Å². The Bertz CT molecular complexity index is 935. The average Bonchev–Trinajstić information content (AvgIpc) is 3.04. The van der Waals surface area contributed by atoms with Crippen LogP contribution in [0.2, 0.25) is 5.02 Å². The van der Waals surface area contributed by atoms with Crippen molar-refractivity contribution in [2.24, 2.45) is 0 Å². The van der Waals surface area contributed by atoms with Gasteiger partial charge in [-0.3, -0.25) is 9.59 Å². The number of fused-ring (bicyclic) bond motifs is 1. The Morgan fingerprint density at radius 2 is 1.88 bits per heavy atom. The van der Waals surface area contributed by atoms with Crippen molar-refractivity contribution in [3.8, 4) is 0 Å². The third-order valence-corrected chi connectivity index (χ3v) is 4.58. The van der Waals surface area contributed by atoms with Crippen molar-refractivity contribution >= 4 is 34.4 Å². The molecule has 26 heavy (non-hydrogen) atoms. The van der Waals surface area contributed by atoms with Crippen molar-refractivity contribution in [1.82, 2.24) is 10.3 Å². The Morgan fingerprint density at radius 1 is 1.15 bits per heavy atom. The maximum absolute atomic E-state index is 12.6. The van der Waals surface area contributed by atoms with Crippen LogP contribution in [0.1, 0.15) is 23.6 Å².